The van der Waals surface area contributed by atoms with E-state index in [0.29, 0.717) is 11.5 Å². The number of carbonyl (C=O) groups excluding carboxylic acids is 2. The topological polar surface area (TPSA) is 100 Å². The smallest absolute Gasteiger partial charge is 0.228 e. The van der Waals surface area contributed by atoms with Crippen molar-refractivity contribution in [2.45, 2.75) is 52.9 Å². The van der Waals surface area contributed by atoms with Gasteiger partial charge in [-0.25, -0.2) is 9.97 Å². The third-order valence-corrected chi connectivity index (χ3v) is 6.64. The number of Topliss-reactive ketones (excluding diaryl/α,β-unsaturated/α-hetero) is 1. The molecule has 1 aliphatic carbocycles. The number of amides is 1. The Hall–Kier alpha value is -3.81. The second-order valence-corrected chi connectivity index (χ2v) is 9.29. The average Bonchev–Trinajstić information content (AvgIpc) is 3.67. The predicted molar refractivity (Wildman–Crippen MR) is 137 cm³/mol. The van der Waals surface area contributed by atoms with E-state index in [2.05, 4.69) is 33.5 Å². The van der Waals surface area contributed by atoms with Crippen LogP contribution in [0.4, 0.5) is 23.0 Å². The molecule has 0 spiro atoms. The quantitative estimate of drug-likeness (QED) is 0.465. The van der Waals surface area contributed by atoms with Gasteiger partial charge >= 0.3 is 0 Å². The SMILES string of the molecule is [2H]C([2H])([2H])CC(=O)c1cnc(NC(=O)C2CC2)cc1Nc1nc(C)cc2c1N(C)[C@@H](C)c1ccc(C)nc1-2. The number of fused-ring (bicyclic) bond motifs is 3. The minimum atomic E-state index is -2.43. The molecular formula is C27H30N6O2. The molecule has 8 nitrogen and oxygen atoms in total. The van der Waals surface area contributed by atoms with Crippen LogP contribution in [0.5, 0.6) is 0 Å². The summed E-state index contributed by atoms with van der Waals surface area (Å²) in [6, 6.07) is 7.65. The summed E-state index contributed by atoms with van der Waals surface area (Å²) in [6.07, 6.45) is 2.35. The fourth-order valence-electron chi connectivity index (χ4n) is 4.46. The Kier molecular flexibility index (Phi) is 4.88. The minimum Gasteiger partial charge on any atom is -0.364 e. The van der Waals surface area contributed by atoms with Crippen LogP contribution in [0.1, 0.15) is 70.5 Å². The lowest BCUT2D eigenvalue weighted by Crippen LogP contribution is -2.28. The third kappa shape index (κ3) is 4.24. The largest absolute Gasteiger partial charge is 0.364 e. The van der Waals surface area contributed by atoms with E-state index >= 15 is 0 Å². The molecule has 0 aromatic carbocycles. The number of pyridine rings is 3. The van der Waals surface area contributed by atoms with Crippen LogP contribution >= 0.6 is 0 Å². The number of nitrogens with zero attached hydrogens (tertiary/aromatic N) is 4. The molecular weight excluding hydrogens is 440 g/mol. The number of rotatable bonds is 6. The molecule has 1 atom stereocenters. The molecule has 4 heterocycles. The van der Waals surface area contributed by atoms with Crippen LogP contribution in [0, 0.1) is 19.8 Å². The van der Waals surface area contributed by atoms with Crippen LogP contribution in [0.15, 0.2) is 30.5 Å². The molecule has 2 N–H and O–H groups in total. The minimum absolute atomic E-state index is 0.0122. The van der Waals surface area contributed by atoms with Crippen LogP contribution in [0.3, 0.4) is 0 Å². The van der Waals surface area contributed by atoms with Gasteiger partial charge in [-0.2, -0.15) is 0 Å². The molecule has 1 amide bonds. The maximum absolute atomic E-state index is 13.0. The van der Waals surface area contributed by atoms with Gasteiger partial charge < -0.3 is 15.5 Å². The van der Waals surface area contributed by atoms with Gasteiger partial charge in [-0.1, -0.05) is 12.9 Å². The van der Waals surface area contributed by atoms with Gasteiger partial charge in [0.25, 0.3) is 0 Å². The summed E-state index contributed by atoms with van der Waals surface area (Å²) in [7, 11) is 1.98. The number of nitrogens with one attached hydrogen (secondary N) is 2. The molecule has 0 radical (unpaired) electrons. The van der Waals surface area contributed by atoms with Gasteiger partial charge in [-0.15, -0.1) is 0 Å². The molecule has 1 aliphatic heterocycles. The molecule has 3 aromatic rings. The van der Waals surface area contributed by atoms with E-state index < -0.39 is 19.1 Å². The zero-order chi connectivity index (χ0) is 27.4. The summed E-state index contributed by atoms with van der Waals surface area (Å²) in [5, 5.41) is 6.09. The maximum Gasteiger partial charge on any atom is 0.228 e. The number of hydrogen-bond donors (Lipinski definition) is 2. The number of hydrogen-bond acceptors (Lipinski definition) is 7. The van der Waals surface area contributed by atoms with Crippen molar-refractivity contribution in [3.63, 3.8) is 0 Å². The van der Waals surface area contributed by atoms with Crippen LogP contribution in [0.25, 0.3) is 11.3 Å². The molecule has 3 aromatic heterocycles. The first-order chi connectivity index (χ1) is 17.9. The molecule has 0 saturated heterocycles. The zero-order valence-electron chi connectivity index (χ0n) is 23.3. The lowest BCUT2D eigenvalue weighted by atomic mass is 9.93. The standard InChI is InChI=1S/C27H30N6O2/c1-6-22(34)20-13-28-23(32-27(35)17-8-9-17)12-21(20)31-26-25-19(11-15(3)30-26)24-18(16(4)33(25)5)10-7-14(2)29-24/h7,10-13,16-17H,6,8-9H2,1-5H3,(H2,28,30,31,32,35)/t16-/m0/s1/i1D3. The number of ketones is 1. The Morgan fingerprint density at radius 1 is 1.17 bits per heavy atom. The Morgan fingerprint density at radius 2 is 1.97 bits per heavy atom. The van der Waals surface area contributed by atoms with Crippen LogP contribution in [-0.2, 0) is 4.79 Å². The van der Waals surface area contributed by atoms with Crippen molar-refractivity contribution in [3.05, 3.63) is 53.0 Å². The molecule has 2 aliphatic rings. The van der Waals surface area contributed by atoms with E-state index in [1.165, 1.54) is 6.20 Å². The lowest BCUT2D eigenvalue weighted by molar-refractivity contribution is -0.117. The summed E-state index contributed by atoms with van der Waals surface area (Å²) >= 11 is 0. The van der Waals surface area contributed by atoms with Crippen LogP contribution in [0.2, 0.25) is 0 Å². The zero-order valence-corrected chi connectivity index (χ0v) is 20.3. The van der Waals surface area contributed by atoms with E-state index in [1.807, 2.05) is 33.0 Å². The third-order valence-electron chi connectivity index (χ3n) is 6.64. The van der Waals surface area contributed by atoms with Gasteiger partial charge in [-0.05, 0) is 45.7 Å². The first-order valence-corrected chi connectivity index (χ1v) is 11.7. The lowest BCUT2D eigenvalue weighted by Gasteiger charge is -2.36. The average molecular weight is 474 g/mol. The van der Waals surface area contributed by atoms with E-state index in [9.17, 15) is 9.59 Å². The second kappa shape index (κ2) is 8.76. The fraction of sp³-hybridized carbons (Fsp3) is 0.370. The number of aromatic nitrogens is 3. The first kappa shape index (κ1) is 19.5. The second-order valence-electron chi connectivity index (χ2n) is 9.29. The van der Waals surface area contributed by atoms with Crippen molar-refractivity contribution in [1.82, 2.24) is 15.0 Å². The highest BCUT2D eigenvalue weighted by atomic mass is 16.2. The fourth-order valence-corrected chi connectivity index (χ4v) is 4.46. The van der Waals surface area contributed by atoms with Gasteiger partial charge in [0.1, 0.15) is 5.82 Å². The summed E-state index contributed by atoms with van der Waals surface area (Å²) < 4.78 is 22.7. The van der Waals surface area contributed by atoms with Crippen LogP contribution in [-0.4, -0.2) is 33.7 Å². The Bertz CT molecular complexity index is 1450. The highest BCUT2D eigenvalue weighted by Gasteiger charge is 2.32. The van der Waals surface area contributed by atoms with Gasteiger partial charge in [0.2, 0.25) is 5.91 Å². The summed E-state index contributed by atoms with van der Waals surface area (Å²) in [5.74, 6) is 0.0490. The molecule has 5 rings (SSSR count). The van der Waals surface area contributed by atoms with Crippen molar-refractivity contribution in [2.75, 3.05) is 22.6 Å². The van der Waals surface area contributed by atoms with Gasteiger partial charge in [0.05, 0.1) is 28.7 Å². The normalized spacial score (nSPS) is 18.0. The molecule has 8 heteroatoms. The van der Waals surface area contributed by atoms with E-state index in [4.69, 9.17) is 14.1 Å². The van der Waals surface area contributed by atoms with Crippen molar-refractivity contribution >= 4 is 34.7 Å². The Balaban J connectivity index is 1.61. The van der Waals surface area contributed by atoms with E-state index in [0.717, 1.165) is 46.7 Å². The summed E-state index contributed by atoms with van der Waals surface area (Å²) in [5.41, 5.74) is 5.78. The monoisotopic (exact) mass is 473 g/mol. The van der Waals surface area contributed by atoms with E-state index in [-0.39, 0.29) is 29.2 Å². The van der Waals surface area contributed by atoms with Crippen LogP contribution < -0.4 is 15.5 Å². The molecule has 35 heavy (non-hydrogen) atoms. The molecule has 0 bridgehead atoms. The predicted octanol–water partition coefficient (Wildman–Crippen LogP) is 5.35. The molecule has 1 saturated carbocycles. The molecule has 0 unspecified atom stereocenters. The number of anilines is 4. The number of carbonyl (C=O) groups is 2. The molecule has 1 fully saturated rings. The maximum atomic E-state index is 13.0. The highest BCUT2D eigenvalue weighted by Crippen LogP contribution is 2.47. The summed E-state index contributed by atoms with van der Waals surface area (Å²) in [4.78, 5) is 41.3. The van der Waals surface area contributed by atoms with E-state index in [1.54, 1.807) is 6.07 Å². The number of aryl methyl sites for hydroxylation is 2. The van der Waals surface area contributed by atoms with Crippen molar-refractivity contribution in [3.8, 4) is 11.3 Å². The first-order valence-electron chi connectivity index (χ1n) is 13.2. The van der Waals surface area contributed by atoms with Crippen molar-refractivity contribution in [1.29, 1.82) is 0 Å². The van der Waals surface area contributed by atoms with Gasteiger partial charge in [0.15, 0.2) is 11.6 Å². The van der Waals surface area contributed by atoms with Crippen molar-refractivity contribution in [2.24, 2.45) is 5.92 Å². The Labute approximate surface area is 209 Å². The van der Waals surface area contributed by atoms with Gasteiger partial charge in [0, 0.05) is 58.3 Å². The summed E-state index contributed by atoms with van der Waals surface area (Å²) in [6.45, 7) is 3.49. The van der Waals surface area contributed by atoms with Crippen molar-refractivity contribution < 1.29 is 13.7 Å². The Morgan fingerprint density at radius 3 is 2.71 bits per heavy atom. The molecule has 180 valence electrons. The highest BCUT2D eigenvalue weighted by molar-refractivity contribution is 6.03. The van der Waals surface area contributed by atoms with Gasteiger partial charge in [-0.3, -0.25) is 14.6 Å².